The molecule has 72 valence electrons. The maximum atomic E-state index is 3.29. The summed E-state index contributed by atoms with van der Waals surface area (Å²) in [4.78, 5) is 0. The average molecular weight is 198 g/mol. The van der Waals surface area contributed by atoms with Crippen molar-refractivity contribution in [2.75, 3.05) is 13.1 Å². The Bertz CT molecular complexity index is 251. The van der Waals surface area contributed by atoms with Crippen molar-refractivity contribution in [2.45, 2.75) is 13.3 Å². The summed E-state index contributed by atoms with van der Waals surface area (Å²) in [6.07, 6.45) is 1.24. The monoisotopic (exact) mass is 197 g/mol. The maximum absolute atomic E-state index is 3.29. The van der Waals surface area contributed by atoms with Gasteiger partial charge in [-0.05, 0) is 37.9 Å². The summed E-state index contributed by atoms with van der Waals surface area (Å²) >= 11 is 0. The first-order chi connectivity index (χ1) is 5.84. The number of aryl methyl sites for hydroxylation is 1. The molecule has 0 bridgehead atoms. The molecule has 0 unspecified atom stereocenters. The van der Waals surface area contributed by atoms with Crippen LogP contribution in [-0.2, 0) is 6.42 Å². The second-order valence-corrected chi connectivity index (χ2v) is 3.71. The molecule has 1 nitrogen and oxygen atoms in total. The molecular formula is C11H16ClN. The van der Waals surface area contributed by atoms with Crippen molar-refractivity contribution >= 4 is 12.4 Å². The molecule has 0 atom stereocenters. The molecule has 2 heteroatoms. The molecule has 0 radical (unpaired) electrons. The van der Waals surface area contributed by atoms with Crippen molar-refractivity contribution in [1.29, 1.82) is 0 Å². The van der Waals surface area contributed by atoms with Gasteiger partial charge in [0.1, 0.15) is 0 Å². The first kappa shape index (κ1) is 10.6. The third-order valence-corrected chi connectivity index (χ3v) is 2.51. The van der Waals surface area contributed by atoms with Gasteiger partial charge in [-0.25, -0.2) is 0 Å². The van der Waals surface area contributed by atoms with Gasteiger partial charge in [-0.3, -0.25) is 0 Å². The van der Waals surface area contributed by atoms with Crippen LogP contribution in [0.5, 0.6) is 0 Å². The third kappa shape index (κ3) is 2.71. The largest absolute Gasteiger partial charge is 0.316 e. The van der Waals surface area contributed by atoms with Crippen molar-refractivity contribution in [1.82, 2.24) is 5.32 Å². The predicted molar refractivity (Wildman–Crippen MR) is 58.5 cm³/mol. The smallest absolute Gasteiger partial charge is 0.000506 e. The van der Waals surface area contributed by atoms with Gasteiger partial charge in [0.25, 0.3) is 0 Å². The zero-order valence-corrected chi connectivity index (χ0v) is 8.73. The van der Waals surface area contributed by atoms with E-state index in [9.17, 15) is 0 Å². The molecule has 1 aliphatic rings. The Balaban J connectivity index is 0.000000845. The second kappa shape index (κ2) is 4.64. The van der Waals surface area contributed by atoms with Crippen LogP contribution in [-0.4, -0.2) is 13.1 Å². The van der Waals surface area contributed by atoms with E-state index in [2.05, 4.69) is 36.5 Å². The molecule has 1 heterocycles. The van der Waals surface area contributed by atoms with Crippen LogP contribution in [0.3, 0.4) is 0 Å². The van der Waals surface area contributed by atoms with Crippen LogP contribution in [0.4, 0.5) is 0 Å². The van der Waals surface area contributed by atoms with E-state index in [4.69, 9.17) is 0 Å². The lowest BCUT2D eigenvalue weighted by Crippen LogP contribution is -2.43. The van der Waals surface area contributed by atoms with Crippen molar-refractivity contribution in [2.24, 2.45) is 5.92 Å². The maximum Gasteiger partial charge on any atom is -0.000506 e. The van der Waals surface area contributed by atoms with E-state index in [0.717, 1.165) is 5.92 Å². The highest BCUT2D eigenvalue weighted by molar-refractivity contribution is 5.85. The molecule has 13 heavy (non-hydrogen) atoms. The highest BCUT2D eigenvalue weighted by Gasteiger charge is 2.16. The normalized spacial score (nSPS) is 16.1. The SMILES string of the molecule is Cc1ccc(CC2CNC2)cc1.Cl. The molecule has 0 spiro atoms. The molecule has 1 aromatic rings. The molecule has 1 N–H and O–H groups in total. The van der Waals surface area contributed by atoms with E-state index in [0.29, 0.717) is 0 Å². The first-order valence-corrected chi connectivity index (χ1v) is 4.61. The number of hydrogen-bond acceptors (Lipinski definition) is 1. The fraction of sp³-hybridized carbons (Fsp3) is 0.455. The van der Waals surface area contributed by atoms with Gasteiger partial charge in [-0.1, -0.05) is 29.8 Å². The minimum Gasteiger partial charge on any atom is -0.316 e. The van der Waals surface area contributed by atoms with E-state index in [1.807, 2.05) is 0 Å². The minimum absolute atomic E-state index is 0. The van der Waals surface area contributed by atoms with Gasteiger partial charge in [0.15, 0.2) is 0 Å². The fourth-order valence-electron chi connectivity index (χ4n) is 1.55. The summed E-state index contributed by atoms with van der Waals surface area (Å²) in [6.45, 7) is 4.54. The fourth-order valence-corrected chi connectivity index (χ4v) is 1.55. The van der Waals surface area contributed by atoms with Crippen LogP contribution < -0.4 is 5.32 Å². The highest BCUT2D eigenvalue weighted by atomic mass is 35.5. The van der Waals surface area contributed by atoms with Crippen LogP contribution in [0.25, 0.3) is 0 Å². The third-order valence-electron chi connectivity index (χ3n) is 2.51. The summed E-state index contributed by atoms with van der Waals surface area (Å²) in [5.41, 5.74) is 2.83. The van der Waals surface area contributed by atoms with Gasteiger partial charge in [0.2, 0.25) is 0 Å². The van der Waals surface area contributed by atoms with Crippen LogP contribution in [0.15, 0.2) is 24.3 Å². The molecule has 0 aliphatic carbocycles. The van der Waals surface area contributed by atoms with Crippen molar-refractivity contribution in [3.63, 3.8) is 0 Å². The number of rotatable bonds is 2. The lowest BCUT2D eigenvalue weighted by molar-refractivity contribution is 0.346. The lowest BCUT2D eigenvalue weighted by Gasteiger charge is -2.27. The number of hydrogen-bond donors (Lipinski definition) is 1. The van der Waals surface area contributed by atoms with Crippen LogP contribution in [0.1, 0.15) is 11.1 Å². The predicted octanol–water partition coefficient (Wildman–Crippen LogP) is 2.18. The van der Waals surface area contributed by atoms with Gasteiger partial charge in [-0.2, -0.15) is 0 Å². The summed E-state index contributed by atoms with van der Waals surface area (Å²) in [7, 11) is 0. The van der Waals surface area contributed by atoms with Gasteiger partial charge in [0, 0.05) is 0 Å². The minimum atomic E-state index is 0. The molecule has 1 aliphatic heterocycles. The summed E-state index contributed by atoms with van der Waals surface area (Å²) in [5, 5.41) is 3.29. The van der Waals surface area contributed by atoms with Gasteiger partial charge >= 0.3 is 0 Å². The molecule has 1 aromatic carbocycles. The summed E-state index contributed by atoms with van der Waals surface area (Å²) < 4.78 is 0. The van der Waals surface area contributed by atoms with Crippen molar-refractivity contribution in [3.8, 4) is 0 Å². The zero-order chi connectivity index (χ0) is 8.39. The van der Waals surface area contributed by atoms with Gasteiger partial charge in [-0.15, -0.1) is 12.4 Å². The zero-order valence-electron chi connectivity index (χ0n) is 7.92. The van der Waals surface area contributed by atoms with E-state index in [1.165, 1.54) is 30.6 Å². The molecule has 0 amide bonds. The Kier molecular flexibility index (Phi) is 3.76. The Hall–Kier alpha value is -0.530. The van der Waals surface area contributed by atoms with Crippen molar-refractivity contribution < 1.29 is 0 Å². The Morgan fingerprint density at radius 3 is 2.31 bits per heavy atom. The highest BCUT2D eigenvalue weighted by Crippen LogP contribution is 2.12. The Labute approximate surface area is 86.0 Å². The van der Waals surface area contributed by atoms with Crippen LogP contribution in [0.2, 0.25) is 0 Å². The number of halogens is 1. The topological polar surface area (TPSA) is 12.0 Å². The van der Waals surface area contributed by atoms with E-state index in [-0.39, 0.29) is 12.4 Å². The van der Waals surface area contributed by atoms with E-state index in [1.54, 1.807) is 0 Å². The molecule has 1 saturated heterocycles. The molecule has 0 saturated carbocycles. The molecule has 1 fully saturated rings. The summed E-state index contributed by atoms with van der Waals surface area (Å²) in [5.74, 6) is 0.882. The average Bonchev–Trinajstić information content (AvgIpc) is 2.00. The van der Waals surface area contributed by atoms with Gasteiger partial charge in [0.05, 0.1) is 0 Å². The lowest BCUT2D eigenvalue weighted by atomic mass is 9.94. The van der Waals surface area contributed by atoms with Crippen LogP contribution >= 0.6 is 12.4 Å². The number of nitrogens with one attached hydrogen (secondary N) is 1. The Morgan fingerprint density at radius 2 is 1.85 bits per heavy atom. The molecule has 0 aromatic heterocycles. The first-order valence-electron chi connectivity index (χ1n) is 4.61. The summed E-state index contributed by atoms with van der Waals surface area (Å²) in [6, 6.07) is 8.88. The molecular weight excluding hydrogens is 182 g/mol. The standard InChI is InChI=1S/C11H15N.ClH/c1-9-2-4-10(5-3-9)6-11-7-12-8-11;/h2-5,11-12H,6-8H2,1H3;1H. The Morgan fingerprint density at radius 1 is 1.23 bits per heavy atom. The van der Waals surface area contributed by atoms with Crippen molar-refractivity contribution in [3.05, 3.63) is 35.4 Å². The van der Waals surface area contributed by atoms with E-state index >= 15 is 0 Å². The van der Waals surface area contributed by atoms with Crippen LogP contribution in [0, 0.1) is 12.8 Å². The van der Waals surface area contributed by atoms with E-state index < -0.39 is 0 Å². The second-order valence-electron chi connectivity index (χ2n) is 3.71. The molecule has 2 rings (SSSR count). The quantitative estimate of drug-likeness (QED) is 0.767. The number of benzene rings is 1. The van der Waals surface area contributed by atoms with Gasteiger partial charge < -0.3 is 5.32 Å².